The van der Waals surface area contributed by atoms with E-state index in [2.05, 4.69) is 0 Å². The van der Waals surface area contributed by atoms with E-state index in [9.17, 15) is 0 Å². The summed E-state index contributed by atoms with van der Waals surface area (Å²) in [4.78, 5) is 0. The maximum absolute atomic E-state index is 9.09. The molecule has 0 aliphatic carbocycles. The summed E-state index contributed by atoms with van der Waals surface area (Å²) in [6.45, 7) is 0.598. The van der Waals surface area contributed by atoms with E-state index in [1.54, 1.807) is 18.4 Å². The number of hydrogen-bond acceptors (Lipinski definition) is 2. The molecule has 2 nitrogen and oxygen atoms in total. The van der Waals surface area contributed by atoms with E-state index < -0.39 is 0 Å². The van der Waals surface area contributed by atoms with Crippen LogP contribution < -0.4 is 0 Å². The van der Waals surface area contributed by atoms with Gasteiger partial charge in [-0.2, -0.15) is 0 Å². The minimum absolute atomic E-state index is 0.289. The average Bonchev–Trinajstić information content (AvgIpc) is 2.20. The van der Waals surface area contributed by atoms with E-state index in [1.807, 2.05) is 24.3 Å². The van der Waals surface area contributed by atoms with Gasteiger partial charge in [-0.25, -0.2) is 0 Å². The second-order valence-corrected chi connectivity index (χ2v) is 2.88. The van der Waals surface area contributed by atoms with Crippen LogP contribution in [0.15, 0.2) is 42.7 Å². The van der Waals surface area contributed by atoms with Crippen molar-refractivity contribution in [2.24, 2.45) is 0 Å². The van der Waals surface area contributed by atoms with Crippen LogP contribution in [0.1, 0.15) is 5.56 Å². The smallest absolute Gasteiger partial charge is 0.115 e. The number of hydrogen-bond donors (Lipinski definition) is 1. The minimum Gasteiger partial charge on any atom is -0.508 e. The van der Waals surface area contributed by atoms with Gasteiger partial charge in [0.2, 0.25) is 0 Å². The Morgan fingerprint density at radius 2 is 1.92 bits per heavy atom. The van der Waals surface area contributed by atoms with E-state index >= 15 is 0 Å². The zero-order valence-electron chi connectivity index (χ0n) is 7.10. The molecule has 66 valence electrons. The van der Waals surface area contributed by atoms with E-state index in [1.165, 1.54) is 0 Å². The topological polar surface area (TPSA) is 29.5 Å². The average molecular weight is 174 g/mol. The van der Waals surface area contributed by atoms with Gasteiger partial charge in [0.15, 0.2) is 0 Å². The van der Waals surface area contributed by atoms with Crippen molar-refractivity contribution in [1.29, 1.82) is 0 Å². The third kappa shape index (κ3) is 1.72. The Morgan fingerprint density at radius 1 is 1.15 bits per heavy atom. The molecule has 0 spiro atoms. The van der Waals surface area contributed by atoms with E-state index in [-0.39, 0.29) is 5.75 Å². The van der Waals surface area contributed by atoms with E-state index in [0.29, 0.717) is 6.61 Å². The first-order chi connectivity index (χ1) is 6.36. The molecule has 1 heterocycles. The predicted octanol–water partition coefficient (Wildman–Crippen LogP) is 2.32. The number of ether oxygens (including phenoxy) is 1. The van der Waals surface area contributed by atoms with Gasteiger partial charge in [-0.05, 0) is 29.3 Å². The van der Waals surface area contributed by atoms with Crippen LogP contribution in [-0.2, 0) is 4.74 Å². The largest absolute Gasteiger partial charge is 0.508 e. The van der Waals surface area contributed by atoms with Gasteiger partial charge in [-0.1, -0.05) is 18.2 Å². The van der Waals surface area contributed by atoms with Gasteiger partial charge < -0.3 is 9.84 Å². The SMILES string of the molecule is Oc1ccc(C2=CC=COC2)cc1. The third-order valence-electron chi connectivity index (χ3n) is 1.95. The summed E-state index contributed by atoms with van der Waals surface area (Å²) in [5.41, 5.74) is 2.21. The molecule has 0 radical (unpaired) electrons. The lowest BCUT2D eigenvalue weighted by molar-refractivity contribution is 0.293. The fraction of sp³-hybridized carbons (Fsp3) is 0.0909. The fourth-order valence-electron chi connectivity index (χ4n) is 1.25. The second-order valence-electron chi connectivity index (χ2n) is 2.88. The molecule has 0 atom stereocenters. The van der Waals surface area contributed by atoms with Gasteiger partial charge in [0.25, 0.3) is 0 Å². The lowest BCUT2D eigenvalue weighted by Crippen LogP contribution is -1.96. The normalized spacial score (nSPS) is 14.9. The van der Waals surface area contributed by atoms with Crippen LogP contribution in [0.3, 0.4) is 0 Å². The molecule has 1 aromatic carbocycles. The molecule has 2 heteroatoms. The number of rotatable bonds is 1. The highest BCUT2D eigenvalue weighted by Crippen LogP contribution is 2.19. The van der Waals surface area contributed by atoms with Crippen molar-refractivity contribution in [1.82, 2.24) is 0 Å². The Labute approximate surface area is 76.8 Å². The van der Waals surface area contributed by atoms with Gasteiger partial charge in [0, 0.05) is 0 Å². The Morgan fingerprint density at radius 3 is 2.54 bits per heavy atom. The summed E-state index contributed by atoms with van der Waals surface area (Å²) in [5.74, 6) is 0.289. The number of phenols is 1. The molecular weight excluding hydrogens is 164 g/mol. The summed E-state index contributed by atoms with van der Waals surface area (Å²) in [6, 6.07) is 7.11. The van der Waals surface area contributed by atoms with Crippen LogP contribution in [0, 0.1) is 0 Å². The quantitative estimate of drug-likeness (QED) is 0.708. The van der Waals surface area contributed by atoms with Crippen LogP contribution in [0.2, 0.25) is 0 Å². The molecule has 1 aliphatic heterocycles. The first-order valence-electron chi connectivity index (χ1n) is 4.13. The summed E-state index contributed by atoms with van der Waals surface area (Å²) in [5, 5.41) is 9.09. The molecule has 1 aromatic rings. The van der Waals surface area contributed by atoms with E-state index in [4.69, 9.17) is 9.84 Å². The molecule has 1 aliphatic rings. The summed E-state index contributed by atoms with van der Waals surface area (Å²) in [6.07, 6.45) is 5.55. The predicted molar refractivity (Wildman–Crippen MR) is 51.2 cm³/mol. The Kier molecular flexibility index (Phi) is 2.04. The molecule has 0 unspecified atom stereocenters. The van der Waals surface area contributed by atoms with Crippen LogP contribution in [0.25, 0.3) is 5.57 Å². The highest BCUT2D eigenvalue weighted by Gasteiger charge is 2.02. The highest BCUT2D eigenvalue weighted by atomic mass is 16.5. The number of aromatic hydroxyl groups is 1. The number of allylic oxidation sites excluding steroid dienone is 2. The molecule has 13 heavy (non-hydrogen) atoms. The zero-order chi connectivity index (χ0) is 9.10. The van der Waals surface area contributed by atoms with E-state index in [0.717, 1.165) is 11.1 Å². The number of phenolic OH excluding ortho intramolecular Hbond substituents is 1. The molecule has 0 saturated heterocycles. The van der Waals surface area contributed by atoms with Gasteiger partial charge in [-0.15, -0.1) is 0 Å². The van der Waals surface area contributed by atoms with Crippen LogP contribution in [0.4, 0.5) is 0 Å². The lowest BCUT2D eigenvalue weighted by Gasteiger charge is -2.10. The van der Waals surface area contributed by atoms with Gasteiger partial charge in [0.1, 0.15) is 12.4 Å². The van der Waals surface area contributed by atoms with Crippen molar-refractivity contribution in [3.8, 4) is 5.75 Å². The molecular formula is C11H10O2. The number of benzene rings is 1. The van der Waals surface area contributed by atoms with Crippen LogP contribution >= 0.6 is 0 Å². The Hall–Kier alpha value is -1.70. The van der Waals surface area contributed by atoms with Crippen molar-refractivity contribution in [2.45, 2.75) is 0 Å². The van der Waals surface area contributed by atoms with Gasteiger partial charge >= 0.3 is 0 Å². The van der Waals surface area contributed by atoms with Crippen molar-refractivity contribution in [3.63, 3.8) is 0 Å². The second kappa shape index (κ2) is 3.35. The molecule has 0 bridgehead atoms. The molecule has 0 aromatic heterocycles. The first kappa shape index (κ1) is 7.92. The summed E-state index contributed by atoms with van der Waals surface area (Å²) < 4.78 is 5.16. The third-order valence-corrected chi connectivity index (χ3v) is 1.95. The van der Waals surface area contributed by atoms with Crippen molar-refractivity contribution in [2.75, 3.05) is 6.61 Å². The van der Waals surface area contributed by atoms with Crippen LogP contribution in [0.5, 0.6) is 5.75 Å². The maximum Gasteiger partial charge on any atom is 0.115 e. The molecule has 0 fully saturated rings. The van der Waals surface area contributed by atoms with Gasteiger partial charge in [0.05, 0.1) is 6.26 Å². The lowest BCUT2D eigenvalue weighted by atomic mass is 10.1. The summed E-state index contributed by atoms with van der Waals surface area (Å²) >= 11 is 0. The van der Waals surface area contributed by atoms with Crippen molar-refractivity contribution in [3.05, 3.63) is 48.2 Å². The Balaban J connectivity index is 2.30. The molecule has 2 rings (SSSR count). The maximum atomic E-state index is 9.09. The summed E-state index contributed by atoms with van der Waals surface area (Å²) in [7, 11) is 0. The van der Waals surface area contributed by atoms with Crippen molar-refractivity contribution >= 4 is 5.57 Å². The first-order valence-corrected chi connectivity index (χ1v) is 4.13. The Bertz CT molecular complexity index is 347. The van der Waals surface area contributed by atoms with Gasteiger partial charge in [-0.3, -0.25) is 0 Å². The fourth-order valence-corrected chi connectivity index (χ4v) is 1.25. The standard InChI is InChI=1S/C11H10O2/c12-11-5-3-9(4-6-11)10-2-1-7-13-8-10/h1-7,12H,8H2. The minimum atomic E-state index is 0.289. The van der Waals surface area contributed by atoms with Crippen molar-refractivity contribution < 1.29 is 9.84 Å². The molecule has 1 N–H and O–H groups in total. The zero-order valence-corrected chi connectivity index (χ0v) is 7.10. The monoisotopic (exact) mass is 174 g/mol. The van der Waals surface area contributed by atoms with Crippen LogP contribution in [-0.4, -0.2) is 11.7 Å². The highest BCUT2D eigenvalue weighted by molar-refractivity contribution is 5.68. The molecule has 0 saturated carbocycles. The molecule has 0 amide bonds.